The fraction of sp³-hybridized carbons (Fsp3) is 0.786. The quantitative estimate of drug-likeness (QED) is 0.687. The van der Waals surface area contributed by atoms with Gasteiger partial charge in [-0.25, -0.2) is 4.79 Å². The van der Waals surface area contributed by atoms with E-state index < -0.39 is 17.1 Å². The summed E-state index contributed by atoms with van der Waals surface area (Å²) in [6.07, 6.45) is 4.93. The Kier molecular flexibility index (Phi) is 2.58. The summed E-state index contributed by atoms with van der Waals surface area (Å²) in [4.78, 5) is 11.2. The van der Waals surface area contributed by atoms with Crippen LogP contribution in [0.2, 0.25) is 0 Å². The van der Waals surface area contributed by atoms with Crippen molar-refractivity contribution >= 4 is 5.97 Å². The maximum atomic E-state index is 11.2. The lowest BCUT2D eigenvalue weighted by atomic mass is 9.59. The normalized spacial score (nSPS) is 47.7. The SMILES string of the molecule is C[C@]12C(O)CCC[C@@]1(O)CC[C@@H]2C1=CC(=O)OC1. The van der Waals surface area contributed by atoms with Crippen LogP contribution < -0.4 is 0 Å². The first-order valence-electron chi connectivity index (χ1n) is 6.75. The average Bonchev–Trinajstić information content (AvgIpc) is 2.83. The van der Waals surface area contributed by atoms with Crippen LogP contribution in [-0.4, -0.2) is 34.5 Å². The van der Waals surface area contributed by atoms with Crippen molar-refractivity contribution in [2.45, 2.75) is 50.7 Å². The van der Waals surface area contributed by atoms with Gasteiger partial charge in [0.2, 0.25) is 0 Å². The molecule has 0 aromatic carbocycles. The Labute approximate surface area is 107 Å². The molecule has 1 aliphatic heterocycles. The predicted octanol–water partition coefficient (Wildman–Crippen LogP) is 1.16. The third-order valence-corrected chi connectivity index (χ3v) is 5.47. The Balaban J connectivity index is 1.97. The van der Waals surface area contributed by atoms with Crippen molar-refractivity contribution in [3.8, 4) is 0 Å². The van der Waals surface area contributed by atoms with Crippen molar-refractivity contribution in [3.05, 3.63) is 11.6 Å². The van der Waals surface area contributed by atoms with Crippen LogP contribution in [0, 0.1) is 11.3 Å². The lowest BCUT2D eigenvalue weighted by Crippen LogP contribution is -2.55. The predicted molar refractivity (Wildman–Crippen MR) is 64.7 cm³/mol. The van der Waals surface area contributed by atoms with E-state index in [1.807, 2.05) is 6.92 Å². The summed E-state index contributed by atoms with van der Waals surface area (Å²) in [6, 6.07) is 0. The Morgan fingerprint density at radius 1 is 1.39 bits per heavy atom. The van der Waals surface area contributed by atoms with Crippen molar-refractivity contribution in [2.75, 3.05) is 6.61 Å². The number of esters is 1. The van der Waals surface area contributed by atoms with E-state index in [4.69, 9.17) is 4.74 Å². The first kappa shape index (κ1) is 12.2. The van der Waals surface area contributed by atoms with Crippen LogP contribution in [0.1, 0.15) is 39.0 Å². The third-order valence-electron chi connectivity index (χ3n) is 5.47. The molecule has 0 aromatic rings. The molecule has 100 valence electrons. The van der Waals surface area contributed by atoms with Gasteiger partial charge in [0, 0.05) is 11.5 Å². The highest BCUT2D eigenvalue weighted by Gasteiger charge is 2.62. The molecule has 0 bridgehead atoms. The minimum Gasteiger partial charge on any atom is -0.458 e. The topological polar surface area (TPSA) is 66.8 Å². The summed E-state index contributed by atoms with van der Waals surface area (Å²) < 4.78 is 4.98. The van der Waals surface area contributed by atoms with E-state index in [2.05, 4.69) is 0 Å². The molecule has 2 saturated carbocycles. The molecule has 18 heavy (non-hydrogen) atoms. The van der Waals surface area contributed by atoms with Crippen LogP contribution in [0.5, 0.6) is 0 Å². The fourth-order valence-electron chi connectivity index (χ4n) is 4.26. The van der Waals surface area contributed by atoms with E-state index in [0.29, 0.717) is 13.0 Å². The second-order valence-corrected chi connectivity index (χ2v) is 6.14. The van der Waals surface area contributed by atoms with Crippen molar-refractivity contribution in [3.63, 3.8) is 0 Å². The molecule has 0 amide bonds. The highest BCUT2D eigenvalue weighted by Crippen LogP contribution is 2.60. The van der Waals surface area contributed by atoms with E-state index in [9.17, 15) is 15.0 Å². The molecule has 0 saturated heterocycles. The van der Waals surface area contributed by atoms with Gasteiger partial charge in [0.25, 0.3) is 0 Å². The molecule has 2 N–H and O–H groups in total. The third kappa shape index (κ3) is 1.42. The smallest absolute Gasteiger partial charge is 0.331 e. The summed E-state index contributed by atoms with van der Waals surface area (Å²) in [5.41, 5.74) is -0.383. The molecule has 1 heterocycles. The van der Waals surface area contributed by atoms with Gasteiger partial charge in [0.1, 0.15) is 6.61 Å². The number of hydrogen-bond donors (Lipinski definition) is 2. The molecule has 1 unspecified atom stereocenters. The van der Waals surface area contributed by atoms with Gasteiger partial charge in [-0.3, -0.25) is 0 Å². The molecule has 2 fully saturated rings. The van der Waals surface area contributed by atoms with Crippen LogP contribution in [0.15, 0.2) is 11.6 Å². The number of cyclic esters (lactones) is 1. The molecule has 4 heteroatoms. The summed E-state index contributed by atoms with van der Waals surface area (Å²) in [5, 5.41) is 21.2. The zero-order chi connectivity index (χ0) is 13.0. The molecular weight excluding hydrogens is 232 g/mol. The lowest BCUT2D eigenvalue weighted by Gasteiger charge is -2.50. The van der Waals surface area contributed by atoms with Crippen LogP contribution in [-0.2, 0) is 9.53 Å². The van der Waals surface area contributed by atoms with Crippen LogP contribution in [0.25, 0.3) is 0 Å². The van der Waals surface area contributed by atoms with Gasteiger partial charge >= 0.3 is 5.97 Å². The highest BCUT2D eigenvalue weighted by atomic mass is 16.5. The van der Waals surface area contributed by atoms with Gasteiger partial charge < -0.3 is 14.9 Å². The maximum absolute atomic E-state index is 11.2. The van der Waals surface area contributed by atoms with Crippen LogP contribution in [0.4, 0.5) is 0 Å². The van der Waals surface area contributed by atoms with Crippen molar-refractivity contribution in [2.24, 2.45) is 11.3 Å². The summed E-state index contributed by atoms with van der Waals surface area (Å²) in [5.74, 6) is -0.237. The lowest BCUT2D eigenvalue weighted by molar-refractivity contribution is -0.156. The number of rotatable bonds is 1. The van der Waals surface area contributed by atoms with E-state index in [1.54, 1.807) is 6.08 Å². The first-order chi connectivity index (χ1) is 8.47. The Morgan fingerprint density at radius 2 is 2.17 bits per heavy atom. The molecule has 0 aromatic heterocycles. The van der Waals surface area contributed by atoms with Crippen LogP contribution >= 0.6 is 0 Å². The molecule has 0 radical (unpaired) electrons. The maximum Gasteiger partial charge on any atom is 0.331 e. The number of aliphatic hydroxyl groups excluding tert-OH is 1. The number of fused-ring (bicyclic) bond motifs is 1. The van der Waals surface area contributed by atoms with Crippen LogP contribution in [0.3, 0.4) is 0 Å². The highest BCUT2D eigenvalue weighted by molar-refractivity contribution is 5.85. The fourth-order valence-corrected chi connectivity index (χ4v) is 4.26. The number of hydrogen-bond acceptors (Lipinski definition) is 4. The minimum absolute atomic E-state index is 0.0595. The number of aliphatic hydroxyl groups is 2. The van der Waals surface area contributed by atoms with E-state index in [-0.39, 0.29) is 11.9 Å². The van der Waals surface area contributed by atoms with Gasteiger partial charge in [-0.1, -0.05) is 6.92 Å². The largest absolute Gasteiger partial charge is 0.458 e. The number of carbonyl (C=O) groups is 1. The molecule has 3 aliphatic rings. The average molecular weight is 252 g/mol. The number of carbonyl (C=O) groups excluding carboxylic acids is 1. The zero-order valence-electron chi connectivity index (χ0n) is 10.7. The van der Waals surface area contributed by atoms with Crippen molar-refractivity contribution in [1.29, 1.82) is 0 Å². The monoisotopic (exact) mass is 252 g/mol. The van der Waals surface area contributed by atoms with E-state index in [0.717, 1.165) is 31.3 Å². The zero-order valence-corrected chi connectivity index (χ0v) is 10.7. The summed E-state index contributed by atoms with van der Waals surface area (Å²) in [7, 11) is 0. The van der Waals surface area contributed by atoms with E-state index >= 15 is 0 Å². The first-order valence-corrected chi connectivity index (χ1v) is 6.75. The van der Waals surface area contributed by atoms with Gasteiger partial charge in [0.15, 0.2) is 0 Å². The molecule has 4 atom stereocenters. The Hall–Kier alpha value is -0.870. The summed E-state index contributed by atoms with van der Waals surface area (Å²) in [6.45, 7) is 2.29. The Morgan fingerprint density at radius 3 is 2.83 bits per heavy atom. The van der Waals surface area contributed by atoms with Gasteiger partial charge in [-0.2, -0.15) is 0 Å². The minimum atomic E-state index is -0.790. The molecule has 2 aliphatic carbocycles. The second kappa shape index (κ2) is 3.81. The Bertz CT molecular complexity index is 416. The van der Waals surface area contributed by atoms with Gasteiger partial charge in [-0.15, -0.1) is 0 Å². The second-order valence-electron chi connectivity index (χ2n) is 6.14. The molecular formula is C14H20O4. The molecule has 3 rings (SSSR count). The van der Waals surface area contributed by atoms with Gasteiger partial charge in [0.05, 0.1) is 11.7 Å². The standard InChI is InChI=1S/C14H20O4/c1-13-10(9-7-12(16)18-8-9)4-6-14(13,17)5-2-3-11(13)15/h7,10-11,15,17H,2-6,8H2,1H3/t10-,11?,13+,14-/m1/s1. The van der Waals surface area contributed by atoms with E-state index in [1.165, 1.54) is 0 Å². The number of ether oxygens (including phenoxy) is 1. The van der Waals surface area contributed by atoms with Crippen molar-refractivity contribution in [1.82, 2.24) is 0 Å². The summed E-state index contributed by atoms with van der Waals surface area (Å²) >= 11 is 0. The molecule has 4 nitrogen and oxygen atoms in total. The van der Waals surface area contributed by atoms with Gasteiger partial charge in [-0.05, 0) is 43.6 Å². The van der Waals surface area contributed by atoms with Crippen molar-refractivity contribution < 1.29 is 19.7 Å². The molecule has 0 spiro atoms.